The molecule has 116 valence electrons. The lowest BCUT2D eigenvalue weighted by molar-refractivity contribution is -0.384. The number of benzene rings is 1. The molecule has 0 saturated carbocycles. The lowest BCUT2D eigenvalue weighted by atomic mass is 10.3. The summed E-state index contributed by atoms with van der Waals surface area (Å²) in [6, 6.07) is 5.56. The number of aliphatic hydroxyl groups excluding tert-OH is 1. The summed E-state index contributed by atoms with van der Waals surface area (Å²) in [6.07, 6.45) is 0.752. The van der Waals surface area contributed by atoms with E-state index in [4.69, 9.17) is 9.84 Å². The van der Waals surface area contributed by atoms with Crippen LogP contribution in [0.2, 0.25) is 0 Å². The zero-order chi connectivity index (χ0) is 15.5. The van der Waals surface area contributed by atoms with Crippen LogP contribution in [0.3, 0.4) is 0 Å². The van der Waals surface area contributed by atoms with Gasteiger partial charge in [-0.25, -0.2) is 0 Å². The van der Waals surface area contributed by atoms with Crippen LogP contribution in [0.15, 0.2) is 24.3 Å². The Morgan fingerprint density at radius 1 is 1.33 bits per heavy atom. The van der Waals surface area contributed by atoms with Gasteiger partial charge in [-0.2, -0.15) is 11.8 Å². The Bertz CT molecular complexity index is 452. The van der Waals surface area contributed by atoms with Gasteiger partial charge in [-0.05, 0) is 24.3 Å². The Morgan fingerprint density at radius 3 is 2.67 bits per heavy atom. The summed E-state index contributed by atoms with van der Waals surface area (Å²) in [5, 5.41) is 21.8. The topological polar surface area (TPSA) is 102 Å². The second-order valence-corrected chi connectivity index (χ2v) is 5.30. The number of carbonyl (C=O) groups is 1. The van der Waals surface area contributed by atoms with Gasteiger partial charge in [0.15, 0.2) is 6.61 Å². The van der Waals surface area contributed by atoms with Crippen LogP contribution in [0.4, 0.5) is 5.69 Å². The van der Waals surface area contributed by atoms with Gasteiger partial charge in [-0.1, -0.05) is 0 Å². The number of non-ortho nitro benzene ring substituents is 1. The summed E-state index contributed by atoms with van der Waals surface area (Å²) in [6.45, 7) is 0.597. The van der Waals surface area contributed by atoms with E-state index in [2.05, 4.69) is 5.32 Å². The molecule has 0 bridgehead atoms. The standard InChI is InChI=1S/C13H18N2O5S/c16-7-1-8-21-9-6-14-13(17)10-20-12-4-2-11(3-5-12)15(18)19/h2-5,16H,1,6-10H2,(H,14,17). The minimum Gasteiger partial charge on any atom is -0.484 e. The molecule has 0 aliphatic carbocycles. The second kappa shape index (κ2) is 10.0. The third-order valence-corrected chi connectivity index (χ3v) is 3.50. The molecule has 0 aromatic heterocycles. The van der Waals surface area contributed by atoms with Gasteiger partial charge in [0.2, 0.25) is 0 Å². The van der Waals surface area contributed by atoms with E-state index < -0.39 is 4.92 Å². The number of nitrogens with zero attached hydrogens (tertiary/aromatic N) is 1. The number of nitro benzene ring substituents is 1. The van der Waals surface area contributed by atoms with E-state index in [9.17, 15) is 14.9 Å². The molecule has 21 heavy (non-hydrogen) atoms. The van der Waals surface area contributed by atoms with E-state index >= 15 is 0 Å². The van der Waals surface area contributed by atoms with E-state index in [1.807, 2.05) is 0 Å². The molecule has 2 N–H and O–H groups in total. The molecular formula is C13H18N2O5S. The Balaban J connectivity index is 2.16. The van der Waals surface area contributed by atoms with Gasteiger partial charge in [0, 0.05) is 31.0 Å². The van der Waals surface area contributed by atoms with E-state index in [0.29, 0.717) is 12.3 Å². The van der Waals surface area contributed by atoms with E-state index in [-0.39, 0.29) is 24.8 Å². The molecule has 0 radical (unpaired) electrons. The first-order chi connectivity index (χ1) is 10.1. The number of nitrogens with one attached hydrogen (secondary N) is 1. The highest BCUT2D eigenvalue weighted by Gasteiger charge is 2.06. The van der Waals surface area contributed by atoms with Crippen molar-refractivity contribution in [1.29, 1.82) is 0 Å². The largest absolute Gasteiger partial charge is 0.484 e. The predicted octanol–water partition coefficient (Wildman–Crippen LogP) is 1.21. The van der Waals surface area contributed by atoms with Crippen LogP contribution < -0.4 is 10.1 Å². The van der Waals surface area contributed by atoms with Crippen molar-refractivity contribution >= 4 is 23.4 Å². The van der Waals surface area contributed by atoms with Crippen molar-refractivity contribution in [3.8, 4) is 5.75 Å². The van der Waals surface area contributed by atoms with Crippen molar-refractivity contribution in [3.63, 3.8) is 0 Å². The summed E-state index contributed by atoms with van der Waals surface area (Å²) in [5.41, 5.74) is -0.0216. The maximum Gasteiger partial charge on any atom is 0.269 e. The quantitative estimate of drug-likeness (QED) is 0.382. The molecule has 0 spiro atoms. The van der Waals surface area contributed by atoms with E-state index in [1.165, 1.54) is 24.3 Å². The second-order valence-electron chi connectivity index (χ2n) is 4.08. The van der Waals surface area contributed by atoms with Crippen LogP contribution >= 0.6 is 11.8 Å². The summed E-state index contributed by atoms with van der Waals surface area (Å²) in [4.78, 5) is 21.5. The molecule has 1 rings (SSSR count). The summed E-state index contributed by atoms with van der Waals surface area (Å²) in [7, 11) is 0. The number of aliphatic hydroxyl groups is 1. The number of thioether (sulfide) groups is 1. The Labute approximate surface area is 126 Å². The van der Waals surface area contributed by atoms with Gasteiger partial charge in [0.25, 0.3) is 11.6 Å². The molecule has 1 aromatic rings. The first kappa shape index (κ1) is 17.3. The zero-order valence-corrected chi connectivity index (χ0v) is 12.3. The van der Waals surface area contributed by atoms with Crippen LogP contribution in [-0.4, -0.2) is 47.2 Å². The number of amides is 1. The SMILES string of the molecule is O=C(COc1ccc([N+](=O)[O-])cc1)NCCSCCCO. The molecule has 1 aromatic carbocycles. The van der Waals surface area contributed by atoms with Crippen molar-refractivity contribution in [2.24, 2.45) is 0 Å². The van der Waals surface area contributed by atoms with Crippen LogP contribution in [0.5, 0.6) is 5.75 Å². The van der Waals surface area contributed by atoms with Crippen molar-refractivity contribution < 1.29 is 19.6 Å². The molecule has 8 heteroatoms. The molecular weight excluding hydrogens is 296 g/mol. The van der Waals surface area contributed by atoms with Gasteiger partial charge in [0.1, 0.15) is 5.75 Å². The number of rotatable bonds is 10. The molecule has 1 amide bonds. The fraction of sp³-hybridized carbons (Fsp3) is 0.462. The normalized spacial score (nSPS) is 10.1. The monoisotopic (exact) mass is 314 g/mol. The average molecular weight is 314 g/mol. The van der Waals surface area contributed by atoms with Gasteiger partial charge in [-0.15, -0.1) is 0 Å². The van der Waals surface area contributed by atoms with Crippen molar-refractivity contribution in [2.45, 2.75) is 6.42 Å². The number of ether oxygens (including phenoxy) is 1. The molecule has 7 nitrogen and oxygen atoms in total. The Hall–Kier alpha value is -1.80. The van der Waals surface area contributed by atoms with E-state index in [0.717, 1.165) is 17.9 Å². The lowest BCUT2D eigenvalue weighted by Gasteiger charge is -2.07. The number of carbonyl (C=O) groups excluding carboxylic acids is 1. The number of nitro groups is 1. The first-order valence-electron chi connectivity index (χ1n) is 6.46. The van der Waals surface area contributed by atoms with Gasteiger partial charge >= 0.3 is 0 Å². The zero-order valence-electron chi connectivity index (χ0n) is 11.5. The molecule has 0 heterocycles. The molecule has 0 atom stereocenters. The van der Waals surface area contributed by atoms with Gasteiger partial charge < -0.3 is 15.2 Å². The maximum atomic E-state index is 11.5. The molecule has 0 fully saturated rings. The summed E-state index contributed by atoms with van der Waals surface area (Å²) in [5.74, 6) is 1.82. The average Bonchev–Trinajstić information content (AvgIpc) is 2.49. The Morgan fingerprint density at radius 2 is 2.05 bits per heavy atom. The van der Waals surface area contributed by atoms with Crippen LogP contribution in [0.25, 0.3) is 0 Å². The molecule has 0 aliphatic heterocycles. The highest BCUT2D eigenvalue weighted by atomic mass is 32.2. The molecule has 0 unspecified atom stereocenters. The molecule has 0 aliphatic rings. The highest BCUT2D eigenvalue weighted by molar-refractivity contribution is 7.99. The smallest absolute Gasteiger partial charge is 0.269 e. The van der Waals surface area contributed by atoms with Crippen LogP contribution in [0, 0.1) is 10.1 Å². The minimum absolute atomic E-state index is 0.0216. The van der Waals surface area contributed by atoms with Gasteiger partial charge in [-0.3, -0.25) is 14.9 Å². The predicted molar refractivity (Wildman–Crippen MR) is 80.6 cm³/mol. The number of hydrogen-bond donors (Lipinski definition) is 2. The maximum absolute atomic E-state index is 11.5. The van der Waals surface area contributed by atoms with E-state index in [1.54, 1.807) is 11.8 Å². The third kappa shape index (κ3) is 7.52. The fourth-order valence-corrected chi connectivity index (χ4v) is 2.18. The minimum atomic E-state index is -0.495. The van der Waals surface area contributed by atoms with Crippen LogP contribution in [-0.2, 0) is 4.79 Å². The fourth-order valence-electron chi connectivity index (χ4n) is 1.40. The lowest BCUT2D eigenvalue weighted by Crippen LogP contribution is -2.30. The van der Waals surface area contributed by atoms with Crippen LogP contribution in [0.1, 0.15) is 6.42 Å². The third-order valence-electron chi connectivity index (χ3n) is 2.43. The van der Waals surface area contributed by atoms with Crippen molar-refractivity contribution in [1.82, 2.24) is 5.32 Å². The van der Waals surface area contributed by atoms with Crippen molar-refractivity contribution in [3.05, 3.63) is 34.4 Å². The molecule has 0 saturated heterocycles. The van der Waals surface area contributed by atoms with Gasteiger partial charge in [0.05, 0.1) is 4.92 Å². The number of hydrogen-bond acceptors (Lipinski definition) is 6. The Kier molecular flexibility index (Phi) is 8.22. The summed E-state index contributed by atoms with van der Waals surface area (Å²) >= 11 is 1.66. The highest BCUT2D eigenvalue weighted by Crippen LogP contribution is 2.16. The summed E-state index contributed by atoms with van der Waals surface area (Å²) < 4.78 is 5.22. The first-order valence-corrected chi connectivity index (χ1v) is 7.61. The van der Waals surface area contributed by atoms with Crippen molar-refractivity contribution in [2.75, 3.05) is 31.3 Å².